The van der Waals surface area contributed by atoms with Crippen molar-refractivity contribution in [2.45, 2.75) is 25.3 Å². The van der Waals surface area contributed by atoms with Crippen LogP contribution in [0.3, 0.4) is 0 Å². The van der Waals surface area contributed by atoms with Crippen molar-refractivity contribution in [2.75, 3.05) is 13.2 Å². The number of hydrogen-bond acceptors (Lipinski definition) is 3. The van der Waals surface area contributed by atoms with E-state index in [1.165, 1.54) is 0 Å². The van der Waals surface area contributed by atoms with Crippen LogP contribution < -0.4 is 5.32 Å². The van der Waals surface area contributed by atoms with Crippen LogP contribution in [0, 0.1) is 0 Å². The van der Waals surface area contributed by atoms with E-state index in [2.05, 4.69) is 15.5 Å². The predicted octanol–water partition coefficient (Wildman–Crippen LogP) is 1.86. The van der Waals surface area contributed by atoms with Crippen molar-refractivity contribution >= 4 is 16.8 Å². The Kier molecular flexibility index (Phi) is 2.98. The molecule has 1 aliphatic rings. The molecule has 2 heterocycles. The van der Waals surface area contributed by atoms with E-state index in [4.69, 9.17) is 4.74 Å². The molecular weight excluding hydrogens is 242 g/mol. The normalized spacial score (nSPS) is 23.4. The lowest BCUT2D eigenvalue weighted by Gasteiger charge is -2.34. The predicted molar refractivity (Wildman–Crippen MR) is 72.0 cm³/mol. The lowest BCUT2D eigenvalue weighted by Crippen LogP contribution is -2.51. The molecule has 1 saturated heterocycles. The maximum Gasteiger partial charge on any atom is 0.251 e. The van der Waals surface area contributed by atoms with Crippen molar-refractivity contribution in [1.82, 2.24) is 15.5 Å². The minimum atomic E-state index is -0.266. The minimum absolute atomic E-state index is 0.0653. The van der Waals surface area contributed by atoms with Crippen molar-refractivity contribution < 1.29 is 9.53 Å². The molecular formula is C14H17N3O2. The van der Waals surface area contributed by atoms with Crippen molar-refractivity contribution in [3.63, 3.8) is 0 Å². The average Bonchev–Trinajstić information content (AvgIpc) is 2.86. The van der Waals surface area contributed by atoms with Gasteiger partial charge in [0.15, 0.2) is 0 Å². The number of benzene rings is 1. The van der Waals surface area contributed by atoms with Crippen molar-refractivity contribution in [1.29, 1.82) is 0 Å². The smallest absolute Gasteiger partial charge is 0.251 e. The largest absolute Gasteiger partial charge is 0.379 e. The number of aromatic nitrogens is 2. The quantitative estimate of drug-likeness (QED) is 0.865. The van der Waals surface area contributed by atoms with Crippen LogP contribution in [-0.4, -0.2) is 34.9 Å². The fourth-order valence-electron chi connectivity index (χ4n) is 2.46. The molecule has 100 valence electrons. The zero-order valence-electron chi connectivity index (χ0n) is 10.9. The maximum absolute atomic E-state index is 12.3. The summed E-state index contributed by atoms with van der Waals surface area (Å²) < 4.78 is 5.45. The molecule has 0 saturated carbocycles. The van der Waals surface area contributed by atoms with Crippen LogP contribution in [0.15, 0.2) is 24.4 Å². The Bertz CT molecular complexity index is 600. The summed E-state index contributed by atoms with van der Waals surface area (Å²) in [7, 11) is 0. The van der Waals surface area contributed by atoms with Crippen LogP contribution in [0.25, 0.3) is 10.9 Å². The van der Waals surface area contributed by atoms with E-state index in [0.717, 1.165) is 30.4 Å². The molecule has 1 aliphatic heterocycles. The van der Waals surface area contributed by atoms with Crippen molar-refractivity contribution in [3.8, 4) is 0 Å². The Morgan fingerprint density at radius 1 is 1.53 bits per heavy atom. The monoisotopic (exact) mass is 259 g/mol. The average molecular weight is 259 g/mol. The minimum Gasteiger partial charge on any atom is -0.379 e. The molecule has 0 bridgehead atoms. The summed E-state index contributed by atoms with van der Waals surface area (Å²) in [5, 5.41) is 10.9. The third-order valence-corrected chi connectivity index (χ3v) is 3.56. The van der Waals surface area contributed by atoms with E-state index in [9.17, 15) is 4.79 Å². The van der Waals surface area contributed by atoms with E-state index in [1.807, 2.05) is 25.1 Å². The van der Waals surface area contributed by atoms with Crippen LogP contribution in [0.1, 0.15) is 30.1 Å². The second-order valence-corrected chi connectivity index (χ2v) is 5.34. The van der Waals surface area contributed by atoms with Gasteiger partial charge < -0.3 is 10.1 Å². The molecule has 5 heteroatoms. The topological polar surface area (TPSA) is 67.0 Å². The number of hydrogen-bond donors (Lipinski definition) is 2. The number of rotatable bonds is 2. The highest BCUT2D eigenvalue weighted by Crippen LogP contribution is 2.20. The Labute approximate surface area is 111 Å². The molecule has 1 atom stereocenters. The van der Waals surface area contributed by atoms with Gasteiger partial charge in [-0.25, -0.2) is 0 Å². The summed E-state index contributed by atoms with van der Waals surface area (Å²) in [4.78, 5) is 12.3. The van der Waals surface area contributed by atoms with Gasteiger partial charge in [0.25, 0.3) is 5.91 Å². The summed E-state index contributed by atoms with van der Waals surface area (Å²) in [5.41, 5.74) is 1.25. The van der Waals surface area contributed by atoms with Gasteiger partial charge in [0.05, 0.1) is 23.9 Å². The molecule has 0 radical (unpaired) electrons. The molecule has 0 aliphatic carbocycles. The first kappa shape index (κ1) is 12.2. The van der Waals surface area contributed by atoms with Gasteiger partial charge in [-0.1, -0.05) is 6.07 Å². The lowest BCUT2D eigenvalue weighted by molar-refractivity contribution is 0.0272. The second-order valence-electron chi connectivity index (χ2n) is 5.34. The first-order chi connectivity index (χ1) is 9.16. The Hall–Kier alpha value is -1.88. The van der Waals surface area contributed by atoms with E-state index in [-0.39, 0.29) is 11.4 Å². The number of nitrogens with zero attached hydrogens (tertiary/aromatic N) is 1. The van der Waals surface area contributed by atoms with Gasteiger partial charge in [-0.05, 0) is 31.9 Å². The first-order valence-electron chi connectivity index (χ1n) is 6.50. The van der Waals surface area contributed by atoms with Gasteiger partial charge in [-0.15, -0.1) is 0 Å². The van der Waals surface area contributed by atoms with E-state index in [1.54, 1.807) is 6.20 Å². The van der Waals surface area contributed by atoms with Gasteiger partial charge in [-0.2, -0.15) is 5.10 Å². The SMILES string of the molecule is CC1(NC(=O)c2ccc3cn[nH]c3c2)CCCOC1. The van der Waals surface area contributed by atoms with Crippen LogP contribution in [0.5, 0.6) is 0 Å². The number of carbonyl (C=O) groups excluding carboxylic acids is 1. The summed E-state index contributed by atoms with van der Waals surface area (Å²) >= 11 is 0. The van der Waals surface area contributed by atoms with Gasteiger partial charge in [-0.3, -0.25) is 9.89 Å². The molecule has 1 fully saturated rings. The number of carbonyl (C=O) groups is 1. The molecule has 1 aromatic heterocycles. The number of ether oxygens (including phenoxy) is 1. The Morgan fingerprint density at radius 2 is 2.42 bits per heavy atom. The van der Waals surface area contributed by atoms with Gasteiger partial charge in [0.2, 0.25) is 0 Å². The third kappa shape index (κ3) is 2.46. The molecule has 1 aromatic carbocycles. The zero-order valence-corrected chi connectivity index (χ0v) is 10.9. The first-order valence-corrected chi connectivity index (χ1v) is 6.50. The van der Waals surface area contributed by atoms with E-state index in [0.29, 0.717) is 12.2 Å². The lowest BCUT2D eigenvalue weighted by atomic mass is 9.94. The molecule has 3 rings (SSSR count). The van der Waals surface area contributed by atoms with Crippen molar-refractivity contribution in [2.24, 2.45) is 0 Å². The third-order valence-electron chi connectivity index (χ3n) is 3.56. The van der Waals surface area contributed by atoms with Gasteiger partial charge >= 0.3 is 0 Å². The highest BCUT2D eigenvalue weighted by Gasteiger charge is 2.29. The Morgan fingerprint density at radius 3 is 3.21 bits per heavy atom. The summed E-state index contributed by atoms with van der Waals surface area (Å²) in [5.74, 6) is -0.0653. The van der Waals surface area contributed by atoms with E-state index < -0.39 is 0 Å². The molecule has 1 unspecified atom stereocenters. The second kappa shape index (κ2) is 4.66. The van der Waals surface area contributed by atoms with Crippen molar-refractivity contribution in [3.05, 3.63) is 30.0 Å². The molecule has 19 heavy (non-hydrogen) atoms. The molecule has 5 nitrogen and oxygen atoms in total. The van der Waals surface area contributed by atoms with E-state index >= 15 is 0 Å². The Balaban J connectivity index is 1.79. The van der Waals surface area contributed by atoms with Crippen LogP contribution in [0.4, 0.5) is 0 Å². The summed E-state index contributed by atoms with van der Waals surface area (Å²) in [6.07, 6.45) is 3.68. The molecule has 1 amide bonds. The van der Waals surface area contributed by atoms with Crippen LogP contribution in [-0.2, 0) is 4.74 Å². The maximum atomic E-state index is 12.3. The fraction of sp³-hybridized carbons (Fsp3) is 0.429. The van der Waals surface area contributed by atoms with Gasteiger partial charge in [0.1, 0.15) is 0 Å². The number of nitrogens with one attached hydrogen (secondary N) is 2. The molecule has 0 spiro atoms. The number of aromatic amines is 1. The van der Waals surface area contributed by atoms with Crippen LogP contribution >= 0.6 is 0 Å². The summed E-state index contributed by atoms with van der Waals surface area (Å²) in [6, 6.07) is 5.54. The number of H-pyrrole nitrogens is 1. The summed E-state index contributed by atoms with van der Waals surface area (Å²) in [6.45, 7) is 3.38. The molecule has 2 aromatic rings. The zero-order chi connectivity index (χ0) is 13.3. The number of amides is 1. The highest BCUT2D eigenvalue weighted by molar-refractivity contribution is 5.98. The van der Waals surface area contributed by atoms with Gasteiger partial charge in [0, 0.05) is 17.6 Å². The molecule has 2 N–H and O–H groups in total. The number of fused-ring (bicyclic) bond motifs is 1. The standard InChI is InChI=1S/C14H17N3O2/c1-14(5-2-6-19-9-14)16-13(18)10-3-4-11-8-15-17-12(11)7-10/h3-4,7-8H,2,5-6,9H2,1H3,(H,15,17)(H,16,18). The van der Waals surface area contributed by atoms with Crippen LogP contribution in [0.2, 0.25) is 0 Å². The fourth-order valence-corrected chi connectivity index (χ4v) is 2.46. The highest BCUT2D eigenvalue weighted by atomic mass is 16.5.